The van der Waals surface area contributed by atoms with Crippen molar-refractivity contribution < 1.29 is 4.79 Å². The number of para-hydroxylation sites is 2. The number of amides is 1. The third kappa shape index (κ3) is 3.71. The Kier molecular flexibility index (Phi) is 4.91. The number of carbonyl (C=O) groups excluding carboxylic acids is 1. The Hall–Kier alpha value is -3.10. The lowest BCUT2D eigenvalue weighted by Gasteiger charge is -2.09. The van der Waals surface area contributed by atoms with Crippen molar-refractivity contribution in [3.8, 4) is 0 Å². The quantitative estimate of drug-likeness (QED) is 0.537. The second-order valence-corrected chi connectivity index (χ2v) is 6.87. The van der Waals surface area contributed by atoms with E-state index in [2.05, 4.69) is 20.3 Å². The van der Waals surface area contributed by atoms with Gasteiger partial charge in [-0.05, 0) is 24.3 Å². The number of imidazole rings is 1. The Bertz CT molecular complexity index is 1070. The van der Waals surface area contributed by atoms with Gasteiger partial charge in [0.1, 0.15) is 10.7 Å². The number of thiazole rings is 1. The number of anilines is 1. The first-order chi connectivity index (χ1) is 13.2. The molecule has 0 fully saturated rings. The Morgan fingerprint density at radius 2 is 2.00 bits per heavy atom. The molecule has 1 amide bonds. The van der Waals surface area contributed by atoms with Crippen LogP contribution < -0.4 is 11.1 Å². The molecular formula is C19H18N6OS. The molecule has 27 heavy (non-hydrogen) atoms. The van der Waals surface area contributed by atoms with Gasteiger partial charge in [-0.25, -0.2) is 9.97 Å². The molecule has 0 aliphatic heterocycles. The first-order valence-electron chi connectivity index (χ1n) is 8.55. The lowest BCUT2D eigenvalue weighted by molar-refractivity contribution is 0.102. The summed E-state index contributed by atoms with van der Waals surface area (Å²) in [5.41, 5.74) is 8.71. The zero-order valence-corrected chi connectivity index (χ0v) is 15.3. The fourth-order valence-corrected chi connectivity index (χ4v) is 3.50. The molecule has 0 saturated heterocycles. The summed E-state index contributed by atoms with van der Waals surface area (Å²) in [7, 11) is 0. The highest BCUT2D eigenvalue weighted by Crippen LogP contribution is 2.21. The highest BCUT2D eigenvalue weighted by atomic mass is 32.1. The van der Waals surface area contributed by atoms with Crippen LogP contribution in [-0.2, 0) is 19.5 Å². The van der Waals surface area contributed by atoms with Gasteiger partial charge in [0.2, 0.25) is 5.95 Å². The molecule has 7 nitrogen and oxygen atoms in total. The third-order valence-corrected chi connectivity index (χ3v) is 5.03. The van der Waals surface area contributed by atoms with E-state index in [1.807, 2.05) is 47.0 Å². The number of hydrogen-bond donors (Lipinski definition) is 2. The maximum absolute atomic E-state index is 12.6. The predicted molar refractivity (Wildman–Crippen MR) is 106 cm³/mol. The van der Waals surface area contributed by atoms with Gasteiger partial charge in [0.05, 0.1) is 11.0 Å². The number of fused-ring (bicyclic) bond motifs is 1. The fraction of sp³-hybridized carbons (Fsp3) is 0.158. The number of pyridine rings is 1. The topological polar surface area (TPSA) is 98.7 Å². The minimum Gasteiger partial charge on any atom is -0.325 e. The lowest BCUT2D eigenvalue weighted by Crippen LogP contribution is -2.17. The van der Waals surface area contributed by atoms with Crippen LogP contribution in [0, 0.1) is 0 Å². The van der Waals surface area contributed by atoms with E-state index < -0.39 is 0 Å². The molecular weight excluding hydrogens is 360 g/mol. The molecule has 3 N–H and O–H groups in total. The number of nitrogens with zero attached hydrogens (tertiary/aromatic N) is 4. The lowest BCUT2D eigenvalue weighted by atomic mass is 10.2. The average molecular weight is 378 g/mol. The second kappa shape index (κ2) is 7.65. The molecule has 4 aromatic rings. The molecule has 0 spiro atoms. The molecule has 4 rings (SSSR count). The molecule has 8 heteroatoms. The van der Waals surface area contributed by atoms with Crippen LogP contribution in [0.5, 0.6) is 0 Å². The van der Waals surface area contributed by atoms with Crippen molar-refractivity contribution in [2.75, 3.05) is 5.32 Å². The summed E-state index contributed by atoms with van der Waals surface area (Å²) in [4.78, 5) is 25.8. The van der Waals surface area contributed by atoms with Gasteiger partial charge in [-0.15, -0.1) is 11.3 Å². The largest absolute Gasteiger partial charge is 0.325 e. The fourth-order valence-electron chi connectivity index (χ4n) is 2.84. The van der Waals surface area contributed by atoms with Gasteiger partial charge in [0.15, 0.2) is 0 Å². The molecule has 0 saturated carbocycles. The Balaban J connectivity index is 1.62. The smallest absolute Gasteiger partial charge is 0.277 e. The van der Waals surface area contributed by atoms with Crippen LogP contribution in [0.3, 0.4) is 0 Å². The summed E-state index contributed by atoms with van der Waals surface area (Å²) in [6.07, 6.45) is 2.51. The predicted octanol–water partition coefficient (Wildman–Crippen LogP) is 2.84. The van der Waals surface area contributed by atoms with Gasteiger partial charge >= 0.3 is 0 Å². The summed E-state index contributed by atoms with van der Waals surface area (Å²) >= 11 is 1.37. The minimum absolute atomic E-state index is 0.291. The maximum atomic E-state index is 12.6. The van der Waals surface area contributed by atoms with Gasteiger partial charge in [-0.2, -0.15) is 0 Å². The van der Waals surface area contributed by atoms with Gasteiger partial charge < -0.3 is 10.3 Å². The van der Waals surface area contributed by atoms with Crippen LogP contribution in [0.15, 0.2) is 54.0 Å². The number of nitrogens with one attached hydrogen (secondary N) is 1. The summed E-state index contributed by atoms with van der Waals surface area (Å²) < 4.78 is 2.00. The van der Waals surface area contributed by atoms with E-state index in [9.17, 15) is 4.79 Å². The number of rotatable bonds is 6. The van der Waals surface area contributed by atoms with Crippen LogP contribution in [-0.4, -0.2) is 25.4 Å². The van der Waals surface area contributed by atoms with E-state index in [0.29, 0.717) is 24.7 Å². The van der Waals surface area contributed by atoms with Crippen molar-refractivity contribution >= 4 is 34.2 Å². The number of benzene rings is 1. The number of hydrogen-bond acceptors (Lipinski definition) is 6. The monoisotopic (exact) mass is 378 g/mol. The molecule has 3 heterocycles. The van der Waals surface area contributed by atoms with Gasteiger partial charge in [-0.1, -0.05) is 18.2 Å². The average Bonchev–Trinajstić information content (AvgIpc) is 3.32. The highest BCUT2D eigenvalue weighted by molar-refractivity contribution is 7.09. The zero-order valence-electron chi connectivity index (χ0n) is 14.5. The van der Waals surface area contributed by atoms with Crippen LogP contribution in [0.1, 0.15) is 21.2 Å². The van der Waals surface area contributed by atoms with Crippen molar-refractivity contribution in [1.82, 2.24) is 19.5 Å². The maximum Gasteiger partial charge on any atom is 0.277 e. The standard InChI is InChI=1S/C19H18N6OS/c20-11-17-22-15(12-27-17)18(26)24-19-23-14-6-1-2-7-16(14)25(19)10-8-13-5-3-4-9-21-13/h1-7,9,12H,8,10-11,20H2,(H,23,24,26). The minimum atomic E-state index is -0.291. The highest BCUT2D eigenvalue weighted by Gasteiger charge is 2.16. The summed E-state index contributed by atoms with van der Waals surface area (Å²) in [6.45, 7) is 0.971. The number of nitrogens with two attached hydrogens (primary N) is 1. The molecule has 0 atom stereocenters. The normalized spacial score (nSPS) is 11.0. The van der Waals surface area contributed by atoms with Crippen molar-refractivity contribution in [2.45, 2.75) is 19.5 Å². The van der Waals surface area contributed by atoms with Gasteiger partial charge in [0.25, 0.3) is 5.91 Å². The summed E-state index contributed by atoms with van der Waals surface area (Å²) in [6, 6.07) is 13.7. The van der Waals surface area contributed by atoms with Gasteiger partial charge in [0, 0.05) is 36.8 Å². The Morgan fingerprint density at radius 3 is 2.78 bits per heavy atom. The van der Waals surface area contributed by atoms with E-state index >= 15 is 0 Å². The van der Waals surface area contributed by atoms with Crippen LogP contribution in [0.4, 0.5) is 5.95 Å². The third-order valence-electron chi connectivity index (χ3n) is 4.16. The van der Waals surface area contributed by atoms with Gasteiger partial charge in [-0.3, -0.25) is 15.1 Å². The summed E-state index contributed by atoms with van der Waals surface area (Å²) in [5.74, 6) is 0.208. The molecule has 136 valence electrons. The molecule has 0 aliphatic carbocycles. The number of aromatic nitrogens is 4. The van der Waals surface area contributed by atoms with Crippen molar-refractivity contribution in [3.05, 3.63) is 70.4 Å². The molecule has 0 aliphatic rings. The van der Waals surface area contributed by atoms with Crippen molar-refractivity contribution in [1.29, 1.82) is 0 Å². The first kappa shape index (κ1) is 17.3. The molecule has 0 radical (unpaired) electrons. The van der Waals surface area contributed by atoms with E-state index in [1.165, 1.54) is 11.3 Å². The first-order valence-corrected chi connectivity index (χ1v) is 9.43. The van der Waals surface area contributed by atoms with E-state index in [1.54, 1.807) is 11.6 Å². The summed E-state index contributed by atoms with van der Waals surface area (Å²) in [5, 5.41) is 5.32. The molecule has 0 bridgehead atoms. The SMILES string of the molecule is NCc1nc(C(=O)Nc2nc3ccccc3n2CCc2ccccn2)cs1. The van der Waals surface area contributed by atoms with Crippen molar-refractivity contribution in [2.24, 2.45) is 5.73 Å². The molecule has 3 aromatic heterocycles. The number of carbonyl (C=O) groups is 1. The Morgan fingerprint density at radius 1 is 1.15 bits per heavy atom. The number of aryl methyl sites for hydroxylation is 2. The van der Waals surface area contributed by atoms with Crippen LogP contribution in [0.25, 0.3) is 11.0 Å². The van der Waals surface area contributed by atoms with Crippen molar-refractivity contribution in [3.63, 3.8) is 0 Å². The zero-order chi connectivity index (χ0) is 18.6. The van der Waals surface area contributed by atoms with E-state index in [0.717, 1.165) is 28.2 Å². The van der Waals surface area contributed by atoms with E-state index in [-0.39, 0.29) is 5.91 Å². The second-order valence-electron chi connectivity index (χ2n) is 5.93. The molecule has 0 unspecified atom stereocenters. The van der Waals surface area contributed by atoms with E-state index in [4.69, 9.17) is 5.73 Å². The van der Waals surface area contributed by atoms with Crippen LogP contribution >= 0.6 is 11.3 Å². The van der Waals surface area contributed by atoms with Crippen LogP contribution in [0.2, 0.25) is 0 Å². The molecule has 1 aromatic carbocycles. The Labute approximate surface area is 159 Å².